The van der Waals surface area contributed by atoms with Crippen molar-refractivity contribution >= 4 is 12.0 Å². The number of nitrogens with one attached hydrogen (secondary N) is 2. The third-order valence-corrected chi connectivity index (χ3v) is 2.20. The molecule has 0 aromatic carbocycles. The Bertz CT molecular complexity index is 229. The van der Waals surface area contributed by atoms with Crippen molar-refractivity contribution in [2.24, 2.45) is 0 Å². The molecular weight excluding hydrogens is 210 g/mol. The maximum atomic E-state index is 11.2. The predicted octanol–water partition coefficient (Wildman–Crippen LogP) is 0.101. The van der Waals surface area contributed by atoms with Crippen molar-refractivity contribution in [3.8, 4) is 0 Å². The van der Waals surface area contributed by atoms with Crippen LogP contribution in [-0.4, -0.2) is 54.2 Å². The number of carbonyl (C=O) groups excluding carboxylic acids is 1. The summed E-state index contributed by atoms with van der Waals surface area (Å²) in [5.41, 5.74) is 0. The van der Waals surface area contributed by atoms with Gasteiger partial charge in [-0.05, 0) is 20.0 Å². The summed E-state index contributed by atoms with van der Waals surface area (Å²) >= 11 is 0. The highest BCUT2D eigenvalue weighted by atomic mass is 16.4. The summed E-state index contributed by atoms with van der Waals surface area (Å²) in [6.07, 6.45) is 0. The first-order chi connectivity index (χ1) is 7.49. The number of carbonyl (C=O) groups is 2. The molecular formula is C10H21N3O3. The zero-order valence-electron chi connectivity index (χ0n) is 10.1. The van der Waals surface area contributed by atoms with Gasteiger partial charge in [0.25, 0.3) is 0 Å². The molecule has 0 bridgehead atoms. The van der Waals surface area contributed by atoms with Crippen LogP contribution < -0.4 is 10.6 Å². The second-order valence-electron chi connectivity index (χ2n) is 3.61. The lowest BCUT2D eigenvalue weighted by molar-refractivity contribution is -0.135. The summed E-state index contributed by atoms with van der Waals surface area (Å²) in [6, 6.07) is -0.448. The van der Waals surface area contributed by atoms with Gasteiger partial charge in [0.15, 0.2) is 0 Å². The van der Waals surface area contributed by atoms with E-state index in [0.717, 1.165) is 19.6 Å². The number of likely N-dealkylation sites (N-methyl/N-ethyl adjacent to an activating group) is 1. The van der Waals surface area contributed by atoms with E-state index in [1.54, 1.807) is 0 Å². The molecule has 0 aromatic rings. The van der Waals surface area contributed by atoms with Crippen molar-refractivity contribution in [3.63, 3.8) is 0 Å². The number of hydrogen-bond acceptors (Lipinski definition) is 3. The maximum absolute atomic E-state index is 11.2. The van der Waals surface area contributed by atoms with Gasteiger partial charge in [0, 0.05) is 12.6 Å². The molecule has 0 fully saturated rings. The number of amides is 2. The summed E-state index contributed by atoms with van der Waals surface area (Å²) in [5.74, 6) is -1.05. The topological polar surface area (TPSA) is 81.7 Å². The lowest BCUT2D eigenvalue weighted by Crippen LogP contribution is -2.47. The van der Waals surface area contributed by atoms with E-state index < -0.39 is 12.0 Å². The molecule has 0 aliphatic carbocycles. The molecule has 0 aromatic heterocycles. The zero-order chi connectivity index (χ0) is 12.6. The van der Waals surface area contributed by atoms with Crippen LogP contribution in [0.5, 0.6) is 0 Å². The summed E-state index contributed by atoms with van der Waals surface area (Å²) in [7, 11) is 0. The van der Waals surface area contributed by atoms with Crippen molar-refractivity contribution < 1.29 is 14.7 Å². The molecule has 3 N–H and O–H groups in total. The fraction of sp³-hybridized carbons (Fsp3) is 0.800. The first-order valence-corrected chi connectivity index (χ1v) is 5.48. The SMILES string of the molecule is CCN(CC)CC(C)NC(=O)NCC(=O)O. The molecule has 0 aliphatic rings. The van der Waals surface area contributed by atoms with Gasteiger partial charge in [-0.1, -0.05) is 13.8 Å². The Morgan fingerprint density at radius 2 is 1.88 bits per heavy atom. The molecule has 0 spiro atoms. The fourth-order valence-corrected chi connectivity index (χ4v) is 1.35. The molecule has 0 saturated carbocycles. The number of hydrogen-bond donors (Lipinski definition) is 3. The summed E-state index contributed by atoms with van der Waals surface area (Å²) in [6.45, 7) is 8.26. The molecule has 0 saturated heterocycles. The maximum Gasteiger partial charge on any atom is 0.323 e. The number of rotatable bonds is 7. The molecule has 0 rings (SSSR count). The highest BCUT2D eigenvalue weighted by Gasteiger charge is 2.10. The van der Waals surface area contributed by atoms with Crippen LogP contribution in [0.25, 0.3) is 0 Å². The average Bonchev–Trinajstić information content (AvgIpc) is 2.23. The number of carboxylic acids is 1. The smallest absolute Gasteiger partial charge is 0.323 e. The number of urea groups is 1. The van der Waals surface area contributed by atoms with Crippen molar-refractivity contribution in [3.05, 3.63) is 0 Å². The van der Waals surface area contributed by atoms with Crippen molar-refractivity contribution in [1.82, 2.24) is 15.5 Å². The van der Waals surface area contributed by atoms with E-state index in [9.17, 15) is 9.59 Å². The lowest BCUT2D eigenvalue weighted by Gasteiger charge is -2.23. The molecule has 0 heterocycles. The monoisotopic (exact) mass is 231 g/mol. The quantitative estimate of drug-likeness (QED) is 0.580. The van der Waals surface area contributed by atoms with Gasteiger partial charge in [0.1, 0.15) is 6.54 Å². The molecule has 0 radical (unpaired) electrons. The number of aliphatic carboxylic acids is 1. The van der Waals surface area contributed by atoms with Gasteiger partial charge in [0.05, 0.1) is 0 Å². The van der Waals surface area contributed by atoms with E-state index in [0.29, 0.717) is 0 Å². The Hall–Kier alpha value is -1.30. The van der Waals surface area contributed by atoms with Crippen LogP contribution in [-0.2, 0) is 4.79 Å². The summed E-state index contributed by atoms with van der Waals surface area (Å²) < 4.78 is 0. The van der Waals surface area contributed by atoms with Gasteiger partial charge in [-0.2, -0.15) is 0 Å². The molecule has 1 unspecified atom stereocenters. The highest BCUT2D eigenvalue weighted by Crippen LogP contribution is 1.91. The van der Waals surface area contributed by atoms with E-state index in [1.807, 2.05) is 6.92 Å². The van der Waals surface area contributed by atoms with Crippen molar-refractivity contribution in [2.75, 3.05) is 26.2 Å². The minimum atomic E-state index is -1.05. The van der Waals surface area contributed by atoms with Crippen LogP contribution in [0, 0.1) is 0 Å². The second-order valence-corrected chi connectivity index (χ2v) is 3.61. The third-order valence-electron chi connectivity index (χ3n) is 2.20. The van der Waals surface area contributed by atoms with Gasteiger partial charge in [0.2, 0.25) is 0 Å². The van der Waals surface area contributed by atoms with E-state index in [4.69, 9.17) is 5.11 Å². The van der Waals surface area contributed by atoms with Gasteiger partial charge in [-0.15, -0.1) is 0 Å². The van der Waals surface area contributed by atoms with Gasteiger partial charge < -0.3 is 20.6 Å². The first kappa shape index (κ1) is 14.7. The van der Waals surface area contributed by atoms with Gasteiger partial charge in [-0.25, -0.2) is 4.79 Å². The van der Waals surface area contributed by atoms with Crippen LogP contribution in [0.15, 0.2) is 0 Å². The van der Waals surface area contributed by atoms with Gasteiger partial charge in [-0.3, -0.25) is 4.79 Å². The van der Waals surface area contributed by atoms with Crippen LogP contribution in [0.3, 0.4) is 0 Å². The van der Waals surface area contributed by atoms with Gasteiger partial charge >= 0.3 is 12.0 Å². The molecule has 94 valence electrons. The standard InChI is InChI=1S/C10H21N3O3/c1-4-13(5-2)7-8(3)12-10(16)11-6-9(14)15/h8H,4-7H2,1-3H3,(H,14,15)(H2,11,12,16). The number of nitrogens with zero attached hydrogens (tertiary/aromatic N) is 1. The Morgan fingerprint density at radius 1 is 1.31 bits per heavy atom. The average molecular weight is 231 g/mol. The summed E-state index contributed by atoms with van der Waals surface area (Å²) in [5, 5.41) is 13.3. The van der Waals surface area contributed by atoms with Crippen LogP contribution >= 0.6 is 0 Å². The lowest BCUT2D eigenvalue weighted by atomic mass is 10.3. The first-order valence-electron chi connectivity index (χ1n) is 5.48. The third kappa shape index (κ3) is 7.05. The molecule has 1 atom stereocenters. The molecule has 0 aliphatic heterocycles. The molecule has 6 nitrogen and oxygen atoms in total. The fourth-order valence-electron chi connectivity index (χ4n) is 1.35. The Labute approximate surface area is 96.0 Å². The van der Waals surface area contributed by atoms with Crippen LogP contribution in [0.4, 0.5) is 4.79 Å². The van der Waals surface area contributed by atoms with E-state index >= 15 is 0 Å². The highest BCUT2D eigenvalue weighted by molar-refractivity contribution is 5.79. The molecule has 6 heteroatoms. The van der Waals surface area contributed by atoms with Crippen molar-refractivity contribution in [2.45, 2.75) is 26.8 Å². The Morgan fingerprint density at radius 3 is 2.31 bits per heavy atom. The minimum Gasteiger partial charge on any atom is -0.480 e. The minimum absolute atomic E-state index is 0.00584. The number of carboxylic acid groups (broad SMARTS) is 1. The zero-order valence-corrected chi connectivity index (χ0v) is 10.1. The van der Waals surface area contributed by atoms with E-state index in [2.05, 4.69) is 29.4 Å². The van der Waals surface area contributed by atoms with Crippen LogP contribution in [0.2, 0.25) is 0 Å². The predicted molar refractivity (Wildman–Crippen MR) is 61.4 cm³/mol. The Kier molecular flexibility index (Phi) is 7.28. The largest absolute Gasteiger partial charge is 0.480 e. The second kappa shape index (κ2) is 7.92. The van der Waals surface area contributed by atoms with E-state index in [-0.39, 0.29) is 12.6 Å². The Balaban J connectivity index is 3.81. The molecule has 16 heavy (non-hydrogen) atoms. The normalized spacial score (nSPS) is 12.2. The van der Waals surface area contributed by atoms with E-state index in [1.165, 1.54) is 0 Å². The molecule has 2 amide bonds. The van der Waals surface area contributed by atoms with Crippen LogP contribution in [0.1, 0.15) is 20.8 Å². The van der Waals surface area contributed by atoms with Crippen molar-refractivity contribution in [1.29, 1.82) is 0 Å². The summed E-state index contributed by atoms with van der Waals surface area (Å²) in [4.78, 5) is 23.6.